The smallest absolute Gasteiger partial charge is 0.416 e. The van der Waals surface area contributed by atoms with Crippen LogP contribution in [0.5, 0.6) is 11.8 Å². The molecular formula is C20H19F6N3O5. The molecule has 0 atom stereocenters. The number of carbonyl (C=O) groups is 1. The van der Waals surface area contributed by atoms with Gasteiger partial charge in [-0.2, -0.15) is 26.3 Å². The normalized spacial score (nSPS) is 23.6. The lowest BCUT2D eigenvalue weighted by Crippen LogP contribution is -2.77. The van der Waals surface area contributed by atoms with Crippen molar-refractivity contribution in [2.75, 3.05) is 26.4 Å². The molecule has 2 bridgehead atoms. The molecule has 5 rings (SSSR count). The van der Waals surface area contributed by atoms with Gasteiger partial charge in [-0.25, -0.2) is 0 Å². The summed E-state index contributed by atoms with van der Waals surface area (Å²) in [5.74, 6) is 0.0388. The van der Waals surface area contributed by atoms with E-state index in [1.54, 1.807) is 0 Å². The Kier molecular flexibility index (Phi) is 6.12. The lowest BCUT2D eigenvalue weighted by atomic mass is 9.39. The van der Waals surface area contributed by atoms with Gasteiger partial charge >= 0.3 is 18.4 Å². The van der Waals surface area contributed by atoms with Gasteiger partial charge in [0.15, 0.2) is 6.61 Å². The first-order valence-corrected chi connectivity index (χ1v) is 10.1. The summed E-state index contributed by atoms with van der Waals surface area (Å²) in [5, 5.41) is 10.5. The van der Waals surface area contributed by atoms with E-state index in [1.807, 2.05) is 0 Å². The predicted molar refractivity (Wildman–Crippen MR) is 100 cm³/mol. The first-order chi connectivity index (χ1) is 15.9. The summed E-state index contributed by atoms with van der Waals surface area (Å²) in [6.45, 7) is -2.22. The van der Waals surface area contributed by atoms with E-state index in [2.05, 4.69) is 20.3 Å². The van der Waals surface area contributed by atoms with Crippen LogP contribution >= 0.6 is 0 Å². The summed E-state index contributed by atoms with van der Waals surface area (Å²) < 4.78 is 93.9. The van der Waals surface area contributed by atoms with Gasteiger partial charge in [-0.15, -0.1) is 5.10 Å². The van der Waals surface area contributed by atoms with E-state index < -0.39 is 41.4 Å². The minimum Gasteiger partial charge on any atom is -0.484 e. The number of carbonyl (C=O) groups excluding carboxylic acids is 1. The van der Waals surface area contributed by atoms with Crippen molar-refractivity contribution < 1.29 is 49.8 Å². The van der Waals surface area contributed by atoms with E-state index in [0.29, 0.717) is 25.2 Å². The second kappa shape index (κ2) is 8.64. The molecule has 1 heterocycles. The molecule has 1 N–H and O–H groups in total. The molecule has 0 unspecified atom stereocenters. The number of nitrogens with zero attached hydrogens (tertiary/aromatic N) is 2. The van der Waals surface area contributed by atoms with E-state index in [-0.39, 0.29) is 31.6 Å². The fourth-order valence-electron chi connectivity index (χ4n) is 4.23. The highest BCUT2D eigenvalue weighted by atomic mass is 19.4. The van der Waals surface area contributed by atoms with E-state index in [4.69, 9.17) is 13.9 Å². The summed E-state index contributed by atoms with van der Waals surface area (Å²) in [5.41, 5.74) is -1.65. The third-order valence-electron chi connectivity index (χ3n) is 5.57. The average Bonchev–Trinajstić information content (AvgIpc) is 3.15. The molecule has 1 amide bonds. The Morgan fingerprint density at radius 1 is 1.00 bits per heavy atom. The summed E-state index contributed by atoms with van der Waals surface area (Å²) in [6, 6.07) is 4.03. The molecule has 0 aliphatic heterocycles. The predicted octanol–water partition coefficient (Wildman–Crippen LogP) is 3.42. The number of rotatable bonds is 10. The molecule has 3 aliphatic carbocycles. The number of hydrogen-bond acceptors (Lipinski definition) is 7. The molecule has 3 aliphatic rings. The Morgan fingerprint density at radius 2 is 1.68 bits per heavy atom. The maximum Gasteiger partial charge on any atom is 0.416 e. The van der Waals surface area contributed by atoms with E-state index in [0.717, 1.165) is 24.3 Å². The van der Waals surface area contributed by atoms with Gasteiger partial charge in [-0.1, -0.05) is 5.10 Å². The van der Waals surface area contributed by atoms with Gasteiger partial charge in [-0.05, 0) is 43.5 Å². The SMILES string of the molecule is O=C(COc1ccc(C(F)(F)F)cc1)NC12CC(c3nnc(OCCOCC(F)(F)F)o3)(C1)C2. The Labute approximate surface area is 188 Å². The minimum atomic E-state index is -4.45. The summed E-state index contributed by atoms with van der Waals surface area (Å²) in [6.07, 6.45) is -7.42. The molecule has 1 aromatic carbocycles. The van der Waals surface area contributed by atoms with Crippen LogP contribution in [0.1, 0.15) is 30.7 Å². The fraction of sp³-hybridized carbons (Fsp3) is 0.550. The fourth-order valence-corrected chi connectivity index (χ4v) is 4.23. The molecule has 186 valence electrons. The Balaban J connectivity index is 1.17. The van der Waals surface area contributed by atoms with Crippen LogP contribution in [0.15, 0.2) is 28.7 Å². The summed E-state index contributed by atoms with van der Waals surface area (Å²) in [4.78, 5) is 12.2. The van der Waals surface area contributed by atoms with Crippen molar-refractivity contribution in [1.82, 2.24) is 15.5 Å². The standard InChI is InChI=1S/C20H19F6N3O5/c21-19(22,23)11-31-5-6-32-16-29-28-15(34-16)17-8-18(9-17,10-17)27-14(30)7-33-13-3-1-12(2-4-13)20(24,25)26/h1-4H,5-11H2,(H,27,30). The highest BCUT2D eigenvalue weighted by Crippen LogP contribution is 2.67. The van der Waals surface area contributed by atoms with E-state index >= 15 is 0 Å². The van der Waals surface area contributed by atoms with Gasteiger partial charge in [0.05, 0.1) is 17.6 Å². The lowest BCUT2D eigenvalue weighted by molar-refractivity contribution is -0.175. The first kappa shape index (κ1) is 24.1. The Morgan fingerprint density at radius 3 is 2.29 bits per heavy atom. The van der Waals surface area contributed by atoms with Gasteiger partial charge in [0.1, 0.15) is 19.0 Å². The zero-order valence-corrected chi connectivity index (χ0v) is 17.5. The molecule has 3 fully saturated rings. The van der Waals surface area contributed by atoms with Crippen LogP contribution in [-0.2, 0) is 21.1 Å². The minimum absolute atomic E-state index is 0.138. The highest BCUT2D eigenvalue weighted by molar-refractivity contribution is 5.79. The van der Waals surface area contributed by atoms with Crippen LogP contribution < -0.4 is 14.8 Å². The van der Waals surface area contributed by atoms with Crippen LogP contribution in [0.4, 0.5) is 26.3 Å². The van der Waals surface area contributed by atoms with E-state index in [1.165, 1.54) is 0 Å². The van der Waals surface area contributed by atoms with Crippen molar-refractivity contribution in [3.05, 3.63) is 35.7 Å². The first-order valence-electron chi connectivity index (χ1n) is 10.1. The number of amides is 1. The maximum absolute atomic E-state index is 12.6. The van der Waals surface area contributed by atoms with Crippen molar-refractivity contribution in [3.8, 4) is 11.8 Å². The van der Waals surface area contributed by atoms with Gasteiger partial charge in [-0.3, -0.25) is 4.79 Å². The van der Waals surface area contributed by atoms with Gasteiger partial charge in [0.25, 0.3) is 5.91 Å². The molecule has 1 aromatic heterocycles. The number of nitrogens with one attached hydrogen (secondary N) is 1. The monoisotopic (exact) mass is 495 g/mol. The van der Waals surface area contributed by atoms with Gasteiger partial charge in [0.2, 0.25) is 5.89 Å². The van der Waals surface area contributed by atoms with Gasteiger partial charge < -0.3 is 23.9 Å². The van der Waals surface area contributed by atoms with Crippen molar-refractivity contribution >= 4 is 5.91 Å². The summed E-state index contributed by atoms with van der Waals surface area (Å²) in [7, 11) is 0. The van der Waals surface area contributed by atoms with Crippen molar-refractivity contribution in [2.45, 2.75) is 42.6 Å². The number of benzene rings is 1. The Bertz CT molecular complexity index is 1000. The van der Waals surface area contributed by atoms with Crippen molar-refractivity contribution in [3.63, 3.8) is 0 Å². The number of alkyl halides is 6. The number of ether oxygens (including phenoxy) is 3. The molecule has 8 nitrogen and oxygen atoms in total. The maximum atomic E-state index is 12.6. The zero-order valence-electron chi connectivity index (χ0n) is 17.5. The van der Waals surface area contributed by atoms with Crippen LogP contribution in [0.2, 0.25) is 0 Å². The molecular weight excluding hydrogens is 476 g/mol. The quantitative estimate of drug-likeness (QED) is 0.399. The molecule has 2 aromatic rings. The molecule has 34 heavy (non-hydrogen) atoms. The topological polar surface area (TPSA) is 95.7 Å². The number of halogens is 6. The molecule has 0 saturated heterocycles. The lowest BCUT2D eigenvalue weighted by Gasteiger charge is -2.68. The highest BCUT2D eigenvalue weighted by Gasteiger charge is 2.71. The van der Waals surface area contributed by atoms with Crippen LogP contribution in [0.3, 0.4) is 0 Å². The van der Waals surface area contributed by atoms with Crippen molar-refractivity contribution in [1.29, 1.82) is 0 Å². The Hall–Kier alpha value is -3.03. The molecule has 0 radical (unpaired) electrons. The third kappa shape index (κ3) is 5.37. The number of aromatic nitrogens is 2. The van der Waals surface area contributed by atoms with Crippen LogP contribution in [0.25, 0.3) is 0 Å². The number of hydrogen-bond donors (Lipinski definition) is 1. The van der Waals surface area contributed by atoms with Crippen LogP contribution in [-0.4, -0.2) is 54.2 Å². The zero-order chi connectivity index (χ0) is 24.6. The second-order valence-corrected chi connectivity index (χ2v) is 8.34. The second-order valence-electron chi connectivity index (χ2n) is 8.34. The van der Waals surface area contributed by atoms with E-state index in [9.17, 15) is 31.1 Å². The van der Waals surface area contributed by atoms with Crippen molar-refractivity contribution in [2.24, 2.45) is 0 Å². The summed E-state index contributed by atoms with van der Waals surface area (Å²) >= 11 is 0. The largest absolute Gasteiger partial charge is 0.484 e. The third-order valence-corrected chi connectivity index (χ3v) is 5.57. The van der Waals surface area contributed by atoms with Crippen LogP contribution in [0, 0.1) is 0 Å². The van der Waals surface area contributed by atoms with Gasteiger partial charge in [0, 0.05) is 5.54 Å². The average molecular weight is 495 g/mol. The molecule has 0 spiro atoms. The molecule has 14 heteroatoms. The molecule has 3 saturated carbocycles.